The van der Waals surface area contributed by atoms with Gasteiger partial charge in [0.2, 0.25) is 5.91 Å². The fraction of sp³-hybridized carbons (Fsp3) is 0.680. The van der Waals surface area contributed by atoms with E-state index in [1.165, 1.54) is 0 Å². The van der Waals surface area contributed by atoms with Crippen molar-refractivity contribution < 1.29 is 84.7 Å². The number of carbonyl (C=O) groups is 2. The summed E-state index contributed by atoms with van der Waals surface area (Å²) in [6.07, 6.45) is 4.57. The molecule has 392 valence electrons. The summed E-state index contributed by atoms with van der Waals surface area (Å²) in [7, 11) is 0. The molecule has 2 bridgehead atoms. The Balaban J connectivity index is 1.92. The molecule has 0 radical (unpaired) electrons. The Bertz CT molecular complexity index is 1740. The second-order valence-electron chi connectivity index (χ2n) is 18.6. The average Bonchev–Trinajstić information content (AvgIpc) is 3.27. The number of ether oxygens (including phenoxy) is 4. The third-order valence-corrected chi connectivity index (χ3v) is 12.7. The summed E-state index contributed by atoms with van der Waals surface area (Å²) >= 11 is 0. The van der Waals surface area contributed by atoms with Gasteiger partial charge in [-0.1, -0.05) is 98.9 Å². The lowest BCUT2D eigenvalue weighted by Gasteiger charge is -2.46. The SMILES string of the molecule is C[C@@H]1[C@H](O)[C@@H](C)/C=C/C=C/C=C/C=C/C=C/C=C/C=C/[C@H](OC2O[C@H](C)[C@@H](O)[C@H](N)[C@@H]2O)C[C@@H]2O[C@](O)(C[C@@H](O)[C@H](O)CCC(O)CC(O)CC(O)CC(=O)O[C@H]1C)C[C@H](O)[C@H]2C(=O)NCCCO. The van der Waals surface area contributed by atoms with Crippen molar-refractivity contribution in [1.82, 2.24) is 5.32 Å². The van der Waals surface area contributed by atoms with Crippen LogP contribution in [0, 0.1) is 17.8 Å². The van der Waals surface area contributed by atoms with Gasteiger partial charge in [0, 0.05) is 44.2 Å². The summed E-state index contributed by atoms with van der Waals surface area (Å²) < 4.78 is 23.6. The van der Waals surface area contributed by atoms with Gasteiger partial charge >= 0.3 is 5.97 Å². The highest BCUT2D eigenvalue weighted by atomic mass is 16.7. The summed E-state index contributed by atoms with van der Waals surface area (Å²) in [5.74, 6) is -5.78. The molecule has 0 saturated carbocycles. The van der Waals surface area contributed by atoms with Gasteiger partial charge in [0.25, 0.3) is 0 Å². The van der Waals surface area contributed by atoms with Crippen molar-refractivity contribution in [2.24, 2.45) is 23.5 Å². The van der Waals surface area contributed by atoms with E-state index in [-0.39, 0.29) is 57.6 Å². The van der Waals surface area contributed by atoms with Crippen molar-refractivity contribution in [2.45, 2.75) is 183 Å². The van der Waals surface area contributed by atoms with E-state index in [1.54, 1.807) is 75.5 Å². The van der Waals surface area contributed by atoms with Crippen molar-refractivity contribution in [3.63, 3.8) is 0 Å². The standard InChI is InChI=1S/C50H80N2O17/c1-30-18-15-13-11-9-7-5-6-8-10-12-14-16-19-37(68-49-47(63)44(51)46(62)33(4)67-49)27-41-43(48(64)52-22-17-23-53)40(59)29-50(65,69-41)28-39(58)38(57)21-20-34(54)24-35(55)25-36(56)26-42(60)66-32(3)31(2)45(30)61/h5-16,18-19,30-41,43-47,49,53-59,61-63,65H,17,20-29,51H2,1-4H3,(H,52,64)/b6-5+,9-7+,10-8+,13-11+,14-12+,18-15+,19-16+/t30-,31-,32-,33+,34?,35?,36?,37-,38+,39+,40-,41-,43+,44-,45+,46+,47-,49?,50+/m0/s1. The van der Waals surface area contributed by atoms with Crippen LogP contribution in [0.25, 0.3) is 0 Å². The van der Waals surface area contributed by atoms with Crippen LogP contribution in [0.15, 0.2) is 85.1 Å². The molecular formula is C50H80N2O17. The number of esters is 1. The van der Waals surface area contributed by atoms with E-state index in [9.17, 15) is 65.8 Å². The molecule has 69 heavy (non-hydrogen) atoms. The van der Waals surface area contributed by atoms with Gasteiger partial charge in [0.1, 0.15) is 12.2 Å². The van der Waals surface area contributed by atoms with Gasteiger partial charge in [0.15, 0.2) is 12.1 Å². The van der Waals surface area contributed by atoms with Gasteiger partial charge in [0.05, 0.1) is 85.5 Å². The molecule has 1 amide bonds. The fourth-order valence-electron chi connectivity index (χ4n) is 8.38. The molecule has 0 aliphatic carbocycles. The predicted octanol–water partition coefficient (Wildman–Crippen LogP) is 0.126. The topological polar surface area (TPSA) is 332 Å². The van der Waals surface area contributed by atoms with E-state index in [0.717, 1.165) is 0 Å². The van der Waals surface area contributed by atoms with E-state index in [2.05, 4.69) is 5.32 Å². The van der Waals surface area contributed by atoms with Crippen LogP contribution >= 0.6 is 0 Å². The van der Waals surface area contributed by atoms with Gasteiger partial charge in [-0.2, -0.15) is 0 Å². The fourth-order valence-corrected chi connectivity index (χ4v) is 8.38. The molecule has 2 saturated heterocycles. The van der Waals surface area contributed by atoms with Gasteiger partial charge in [-0.05, 0) is 46.0 Å². The molecule has 19 heteroatoms. The van der Waals surface area contributed by atoms with Gasteiger partial charge in [-0.3, -0.25) is 9.59 Å². The number of cyclic esters (lactones) is 1. The molecular weight excluding hydrogens is 901 g/mol. The lowest BCUT2D eigenvalue weighted by atomic mass is 9.82. The molecule has 19 atom stereocenters. The number of nitrogens with one attached hydrogen (secondary N) is 1. The van der Waals surface area contributed by atoms with Crippen molar-refractivity contribution in [3.05, 3.63) is 85.1 Å². The number of aliphatic hydroxyl groups excluding tert-OH is 10. The van der Waals surface area contributed by atoms with E-state index in [4.69, 9.17) is 24.7 Å². The van der Waals surface area contributed by atoms with E-state index in [0.29, 0.717) is 0 Å². The molecule has 3 aliphatic rings. The molecule has 19 nitrogen and oxygen atoms in total. The Hall–Kier alpha value is -3.48. The third-order valence-electron chi connectivity index (χ3n) is 12.7. The zero-order valence-corrected chi connectivity index (χ0v) is 40.2. The van der Waals surface area contributed by atoms with Gasteiger partial charge < -0.3 is 86.2 Å². The van der Waals surface area contributed by atoms with Crippen LogP contribution in [0.2, 0.25) is 0 Å². The Morgan fingerprint density at radius 3 is 1.88 bits per heavy atom. The Morgan fingerprint density at radius 2 is 1.28 bits per heavy atom. The van der Waals surface area contributed by atoms with Crippen molar-refractivity contribution in [1.29, 1.82) is 0 Å². The van der Waals surface area contributed by atoms with Crippen LogP contribution in [0.3, 0.4) is 0 Å². The number of fused-ring (bicyclic) bond motifs is 2. The minimum atomic E-state index is -2.32. The van der Waals surface area contributed by atoms with E-state index in [1.807, 2.05) is 37.3 Å². The molecule has 0 aromatic heterocycles. The lowest BCUT2D eigenvalue weighted by Crippen LogP contribution is -2.62. The Labute approximate surface area is 405 Å². The second-order valence-corrected chi connectivity index (χ2v) is 18.6. The monoisotopic (exact) mass is 981 g/mol. The molecule has 14 N–H and O–H groups in total. The highest BCUT2D eigenvalue weighted by Crippen LogP contribution is 2.38. The minimum absolute atomic E-state index is 0.0571. The van der Waals surface area contributed by atoms with Crippen LogP contribution in [0.5, 0.6) is 0 Å². The van der Waals surface area contributed by atoms with Crippen LogP contribution in [-0.4, -0.2) is 179 Å². The predicted molar refractivity (Wildman–Crippen MR) is 254 cm³/mol. The maximum Gasteiger partial charge on any atom is 0.308 e. The highest BCUT2D eigenvalue weighted by Gasteiger charge is 2.51. The lowest BCUT2D eigenvalue weighted by molar-refractivity contribution is -0.308. The number of carbonyl (C=O) groups excluding carboxylic acids is 2. The number of hydrogen-bond donors (Lipinski definition) is 13. The molecule has 3 rings (SSSR count). The number of allylic oxidation sites excluding steroid dienone is 12. The maximum atomic E-state index is 13.6. The summed E-state index contributed by atoms with van der Waals surface area (Å²) in [6, 6.07) is -1.14. The minimum Gasteiger partial charge on any atom is -0.462 e. The first-order chi connectivity index (χ1) is 32.7. The number of nitrogens with two attached hydrogens (primary N) is 1. The quantitative estimate of drug-likeness (QED) is 0.124. The smallest absolute Gasteiger partial charge is 0.308 e. The summed E-state index contributed by atoms with van der Waals surface area (Å²) in [5, 5.41) is 121. The van der Waals surface area contributed by atoms with Crippen molar-refractivity contribution in [3.8, 4) is 0 Å². The Morgan fingerprint density at radius 1 is 0.710 bits per heavy atom. The molecule has 3 aliphatic heterocycles. The van der Waals surface area contributed by atoms with Crippen LogP contribution in [0.1, 0.15) is 85.5 Å². The van der Waals surface area contributed by atoms with Gasteiger partial charge in [-0.25, -0.2) is 0 Å². The first kappa shape index (κ1) is 59.8. The van der Waals surface area contributed by atoms with Crippen molar-refractivity contribution in [2.75, 3.05) is 13.2 Å². The van der Waals surface area contributed by atoms with Crippen LogP contribution < -0.4 is 11.1 Å². The maximum absolute atomic E-state index is 13.6. The van der Waals surface area contributed by atoms with E-state index >= 15 is 0 Å². The molecule has 2 fully saturated rings. The van der Waals surface area contributed by atoms with Crippen LogP contribution in [0.4, 0.5) is 0 Å². The molecule has 0 aromatic rings. The molecule has 0 spiro atoms. The zero-order chi connectivity index (χ0) is 51.3. The number of amides is 1. The summed E-state index contributed by atoms with van der Waals surface area (Å²) in [4.78, 5) is 26.3. The Kier molecular flexibility index (Phi) is 26.4. The first-order valence-corrected chi connectivity index (χ1v) is 24.0. The molecule has 4 unspecified atom stereocenters. The summed E-state index contributed by atoms with van der Waals surface area (Å²) in [6.45, 7) is 6.61. The molecule has 3 heterocycles. The normalized spacial score (nSPS) is 43.5. The van der Waals surface area contributed by atoms with Crippen LogP contribution in [-0.2, 0) is 28.5 Å². The largest absolute Gasteiger partial charge is 0.462 e. The van der Waals surface area contributed by atoms with Crippen molar-refractivity contribution >= 4 is 11.9 Å². The van der Waals surface area contributed by atoms with Gasteiger partial charge in [-0.15, -0.1) is 0 Å². The third kappa shape index (κ3) is 20.6. The molecule has 0 aromatic carbocycles. The number of aliphatic hydroxyl groups is 11. The number of rotatable bonds is 6. The number of hydrogen-bond acceptors (Lipinski definition) is 18. The van der Waals surface area contributed by atoms with E-state index < -0.39 is 140 Å². The summed E-state index contributed by atoms with van der Waals surface area (Å²) in [5.41, 5.74) is 6.08. The first-order valence-electron chi connectivity index (χ1n) is 24.0. The average molecular weight is 981 g/mol. The second kappa shape index (κ2) is 30.4. The highest BCUT2D eigenvalue weighted by molar-refractivity contribution is 5.80. The zero-order valence-electron chi connectivity index (χ0n) is 40.2.